The Kier molecular flexibility index (Phi) is 6.20. The van der Waals surface area contributed by atoms with Crippen molar-refractivity contribution in [1.82, 2.24) is 15.2 Å². The van der Waals surface area contributed by atoms with Gasteiger partial charge in [-0.2, -0.15) is 5.01 Å². The largest absolute Gasteiger partial charge is 0.379 e. The van der Waals surface area contributed by atoms with E-state index < -0.39 is 0 Å². The molecule has 2 amide bonds. The van der Waals surface area contributed by atoms with Crippen molar-refractivity contribution in [3.05, 3.63) is 4.91 Å². The normalized spacial score (nSPS) is 21.4. The quantitative estimate of drug-likeness (QED) is 0.611. The maximum atomic E-state index is 12.0. The molecule has 0 unspecified atom stereocenters. The number of nitrogens with one attached hydrogen (secondary N) is 1. The molecule has 2 rings (SSSR count). The molecule has 0 radical (unpaired) electrons. The summed E-state index contributed by atoms with van der Waals surface area (Å²) in [7, 11) is 0. The van der Waals surface area contributed by atoms with E-state index >= 15 is 0 Å². The van der Waals surface area contributed by atoms with Crippen LogP contribution in [0.5, 0.6) is 0 Å². The van der Waals surface area contributed by atoms with Crippen LogP contribution in [0.15, 0.2) is 5.29 Å². The number of urea groups is 1. The van der Waals surface area contributed by atoms with Crippen molar-refractivity contribution in [1.29, 1.82) is 0 Å². The summed E-state index contributed by atoms with van der Waals surface area (Å²) in [6.07, 6.45) is 5.07. The lowest BCUT2D eigenvalue weighted by molar-refractivity contribution is 0.0385. The molecular weight excluding hydrogens is 260 g/mol. The van der Waals surface area contributed by atoms with Crippen LogP contribution in [0.4, 0.5) is 4.79 Å². The molecule has 1 N–H and O–H groups in total. The second-order valence-corrected chi connectivity index (χ2v) is 5.40. The molecule has 0 aromatic heterocycles. The number of hydrogen-bond donors (Lipinski definition) is 1. The number of nitrogens with zero attached hydrogens (tertiary/aromatic N) is 3. The molecule has 1 heterocycles. The van der Waals surface area contributed by atoms with Gasteiger partial charge < -0.3 is 10.1 Å². The highest BCUT2D eigenvalue weighted by Gasteiger charge is 2.26. The summed E-state index contributed by atoms with van der Waals surface area (Å²) >= 11 is 0. The fraction of sp³-hybridized carbons (Fsp3) is 0.923. The smallest absolute Gasteiger partial charge is 0.340 e. The van der Waals surface area contributed by atoms with Gasteiger partial charge in [0.2, 0.25) is 0 Å². The monoisotopic (exact) mass is 284 g/mol. The van der Waals surface area contributed by atoms with Crippen molar-refractivity contribution in [3.63, 3.8) is 0 Å². The Morgan fingerprint density at radius 2 is 1.95 bits per heavy atom. The molecule has 7 heteroatoms. The molecule has 7 nitrogen and oxygen atoms in total. The van der Waals surface area contributed by atoms with Crippen LogP contribution in [0.25, 0.3) is 0 Å². The first kappa shape index (κ1) is 15.2. The number of ether oxygens (including phenoxy) is 1. The molecular formula is C13H24N4O3. The summed E-state index contributed by atoms with van der Waals surface area (Å²) in [5.41, 5.74) is 0. The van der Waals surface area contributed by atoms with Gasteiger partial charge in [0.15, 0.2) is 0 Å². The van der Waals surface area contributed by atoms with Crippen LogP contribution in [0, 0.1) is 4.91 Å². The Balaban J connectivity index is 1.69. The third kappa shape index (κ3) is 4.42. The van der Waals surface area contributed by atoms with E-state index in [1.54, 1.807) is 0 Å². The summed E-state index contributed by atoms with van der Waals surface area (Å²) in [5, 5.41) is 6.80. The maximum Gasteiger partial charge on any atom is 0.340 e. The van der Waals surface area contributed by atoms with E-state index in [1.807, 2.05) is 0 Å². The highest BCUT2D eigenvalue weighted by Crippen LogP contribution is 2.22. The summed E-state index contributed by atoms with van der Waals surface area (Å²) in [4.78, 5) is 25.1. The van der Waals surface area contributed by atoms with Crippen LogP contribution >= 0.6 is 0 Å². The summed E-state index contributed by atoms with van der Waals surface area (Å²) in [6.45, 7) is 4.61. The van der Waals surface area contributed by atoms with Crippen LogP contribution < -0.4 is 5.32 Å². The summed E-state index contributed by atoms with van der Waals surface area (Å²) in [6, 6.07) is -0.384. The van der Waals surface area contributed by atoms with E-state index in [2.05, 4.69) is 15.5 Å². The summed E-state index contributed by atoms with van der Waals surface area (Å²) in [5.74, 6) is 0. The Labute approximate surface area is 119 Å². The fourth-order valence-electron chi connectivity index (χ4n) is 2.82. The lowest BCUT2D eigenvalue weighted by atomic mass is 9.95. The van der Waals surface area contributed by atoms with E-state index in [1.165, 1.54) is 6.42 Å². The van der Waals surface area contributed by atoms with Crippen LogP contribution in [-0.2, 0) is 4.74 Å². The molecule has 0 aromatic rings. The Hall–Kier alpha value is -1.21. The average Bonchev–Trinajstić information content (AvgIpc) is 2.50. The number of amides is 2. The third-order valence-electron chi connectivity index (χ3n) is 4.02. The van der Waals surface area contributed by atoms with E-state index in [-0.39, 0.29) is 12.1 Å². The van der Waals surface area contributed by atoms with Gasteiger partial charge in [-0.15, -0.1) is 4.91 Å². The van der Waals surface area contributed by atoms with Crippen molar-refractivity contribution in [2.24, 2.45) is 5.29 Å². The lowest BCUT2D eigenvalue weighted by Gasteiger charge is -2.29. The van der Waals surface area contributed by atoms with Gasteiger partial charge >= 0.3 is 6.03 Å². The number of carbonyl (C=O) groups is 1. The molecule has 2 fully saturated rings. The molecule has 1 saturated carbocycles. The molecule has 0 bridgehead atoms. The zero-order valence-electron chi connectivity index (χ0n) is 11.9. The van der Waals surface area contributed by atoms with Gasteiger partial charge in [0.05, 0.1) is 24.5 Å². The molecule has 0 spiro atoms. The van der Waals surface area contributed by atoms with Crippen molar-refractivity contribution in [2.75, 3.05) is 39.4 Å². The standard InChI is InChI=1S/C13H24N4O3/c18-13(14-6-7-16-8-10-20-11-9-16)17(15-19)12-4-2-1-3-5-12/h12H,1-11H2,(H,14,18). The Bertz CT molecular complexity index is 315. The summed E-state index contributed by atoms with van der Waals surface area (Å²) < 4.78 is 5.27. The van der Waals surface area contributed by atoms with Crippen molar-refractivity contribution >= 4 is 6.03 Å². The van der Waals surface area contributed by atoms with Gasteiger partial charge in [0.25, 0.3) is 0 Å². The number of rotatable bonds is 5. The molecule has 1 aliphatic heterocycles. The van der Waals surface area contributed by atoms with Crippen LogP contribution in [0.1, 0.15) is 32.1 Å². The third-order valence-corrected chi connectivity index (χ3v) is 4.02. The lowest BCUT2D eigenvalue weighted by Crippen LogP contribution is -2.46. The van der Waals surface area contributed by atoms with Crippen LogP contribution in [0.2, 0.25) is 0 Å². The van der Waals surface area contributed by atoms with Gasteiger partial charge in [0.1, 0.15) is 0 Å². The van der Waals surface area contributed by atoms with Crippen LogP contribution in [0.3, 0.4) is 0 Å². The van der Waals surface area contributed by atoms with E-state index in [0.717, 1.165) is 63.5 Å². The molecule has 2 aliphatic rings. The van der Waals surface area contributed by atoms with Crippen molar-refractivity contribution < 1.29 is 9.53 Å². The zero-order valence-corrected chi connectivity index (χ0v) is 11.9. The van der Waals surface area contributed by atoms with Crippen LogP contribution in [-0.4, -0.2) is 61.4 Å². The Morgan fingerprint density at radius 1 is 1.25 bits per heavy atom. The minimum Gasteiger partial charge on any atom is -0.379 e. The molecule has 1 saturated heterocycles. The molecule has 1 aliphatic carbocycles. The van der Waals surface area contributed by atoms with Crippen molar-refractivity contribution in [2.45, 2.75) is 38.1 Å². The molecule has 20 heavy (non-hydrogen) atoms. The number of morpholine rings is 1. The predicted octanol–water partition coefficient (Wildman–Crippen LogP) is 1.34. The average molecular weight is 284 g/mol. The topological polar surface area (TPSA) is 74.2 Å². The van der Waals surface area contributed by atoms with E-state index in [0.29, 0.717) is 6.54 Å². The second-order valence-electron chi connectivity index (χ2n) is 5.40. The fourth-order valence-corrected chi connectivity index (χ4v) is 2.82. The molecule has 0 aromatic carbocycles. The van der Waals surface area contributed by atoms with Crippen molar-refractivity contribution in [3.8, 4) is 0 Å². The highest BCUT2D eigenvalue weighted by atomic mass is 16.5. The van der Waals surface area contributed by atoms with Gasteiger partial charge in [0, 0.05) is 26.2 Å². The molecule has 114 valence electrons. The number of nitroso groups, excluding NO2 is 1. The van der Waals surface area contributed by atoms with Gasteiger partial charge in [-0.05, 0) is 12.8 Å². The maximum absolute atomic E-state index is 12.0. The number of hydrogen-bond acceptors (Lipinski definition) is 5. The SMILES string of the molecule is O=NN(C(=O)NCCN1CCOCC1)C1CCCCC1. The van der Waals surface area contributed by atoms with Gasteiger partial charge in [-0.25, -0.2) is 4.79 Å². The first-order valence-corrected chi connectivity index (χ1v) is 7.51. The highest BCUT2D eigenvalue weighted by molar-refractivity contribution is 5.74. The number of carbonyl (C=O) groups excluding carboxylic acids is 1. The van der Waals surface area contributed by atoms with E-state index in [4.69, 9.17) is 4.74 Å². The zero-order chi connectivity index (χ0) is 14.2. The minimum atomic E-state index is -0.361. The minimum absolute atomic E-state index is 0.0235. The predicted molar refractivity (Wildman–Crippen MR) is 75.2 cm³/mol. The Morgan fingerprint density at radius 3 is 2.60 bits per heavy atom. The molecule has 0 atom stereocenters. The second kappa shape index (κ2) is 8.16. The first-order chi connectivity index (χ1) is 9.81. The van der Waals surface area contributed by atoms with E-state index in [9.17, 15) is 9.70 Å². The first-order valence-electron chi connectivity index (χ1n) is 7.51. The van der Waals surface area contributed by atoms with Gasteiger partial charge in [-0.1, -0.05) is 19.3 Å². The van der Waals surface area contributed by atoms with Gasteiger partial charge in [-0.3, -0.25) is 4.90 Å².